The van der Waals surface area contributed by atoms with E-state index >= 15 is 0 Å². The van der Waals surface area contributed by atoms with E-state index in [1.165, 1.54) is 0 Å². The highest BCUT2D eigenvalue weighted by atomic mass is 32.1. The van der Waals surface area contributed by atoms with Crippen molar-refractivity contribution in [2.75, 3.05) is 21.6 Å². The van der Waals surface area contributed by atoms with Gasteiger partial charge in [0, 0.05) is 11.5 Å². The van der Waals surface area contributed by atoms with Crippen molar-refractivity contribution in [2.45, 2.75) is 0 Å². The Kier molecular flexibility index (Phi) is 3.34. The molecule has 4 nitrogen and oxygen atoms in total. The second kappa shape index (κ2) is 4.58. The number of thiol groups is 2. The first-order valence-corrected chi connectivity index (χ1v) is 5.98. The molecule has 0 fully saturated rings. The Morgan fingerprint density at radius 3 is 1.56 bits per heavy atom. The van der Waals surface area contributed by atoms with E-state index in [1.54, 1.807) is 24.3 Å². The van der Waals surface area contributed by atoms with Gasteiger partial charge in [0.2, 0.25) is 0 Å². The highest BCUT2D eigenvalue weighted by Gasteiger charge is 2.27. The predicted octanol–water partition coefficient (Wildman–Crippen LogP) is 2.16. The fraction of sp³-hybridized carbons (Fsp3) is 0.200. The Hall–Kier alpha value is -0.820. The lowest BCUT2D eigenvalue weighted by Gasteiger charge is -2.34. The molecule has 2 N–H and O–H groups in total. The molecule has 2 rings (SSSR count). The number of hydroxylamine groups is 2. The summed E-state index contributed by atoms with van der Waals surface area (Å²) in [7, 11) is 0. The van der Waals surface area contributed by atoms with Crippen molar-refractivity contribution in [3.05, 3.63) is 35.7 Å². The molecule has 0 spiro atoms. The minimum absolute atomic E-state index is 0.317. The van der Waals surface area contributed by atoms with Gasteiger partial charge in [0.1, 0.15) is 0 Å². The summed E-state index contributed by atoms with van der Waals surface area (Å²) in [5.74, 6) is 0.634. The predicted molar refractivity (Wildman–Crippen MR) is 69.7 cm³/mol. The molecule has 86 valence electrons. The van der Waals surface area contributed by atoms with Gasteiger partial charge < -0.3 is 0 Å². The molecule has 0 aromatic heterocycles. The standard InChI is InChI=1S/C10H12N2O2S2/c13-11-7-3-1-2-4-8(7)12(14)10(6-16)9(11)5-15/h1-4,13-16H,5-6H2. The van der Waals surface area contributed by atoms with Crippen LogP contribution in [-0.4, -0.2) is 21.9 Å². The molecule has 0 saturated heterocycles. The molecule has 16 heavy (non-hydrogen) atoms. The van der Waals surface area contributed by atoms with Crippen LogP contribution < -0.4 is 10.1 Å². The smallest absolute Gasteiger partial charge is 0.0951 e. The molecule has 0 unspecified atom stereocenters. The summed E-state index contributed by atoms with van der Waals surface area (Å²) >= 11 is 8.27. The number of anilines is 2. The van der Waals surface area contributed by atoms with Crippen LogP contribution in [-0.2, 0) is 0 Å². The van der Waals surface area contributed by atoms with Crippen LogP contribution in [0.3, 0.4) is 0 Å². The Labute approximate surface area is 105 Å². The van der Waals surface area contributed by atoms with Crippen molar-refractivity contribution in [2.24, 2.45) is 0 Å². The number of benzene rings is 1. The van der Waals surface area contributed by atoms with Gasteiger partial charge in [-0.1, -0.05) is 12.1 Å². The summed E-state index contributed by atoms with van der Waals surface area (Å²) in [6.45, 7) is 0. The van der Waals surface area contributed by atoms with E-state index in [2.05, 4.69) is 25.3 Å². The summed E-state index contributed by atoms with van der Waals surface area (Å²) < 4.78 is 0. The van der Waals surface area contributed by atoms with Crippen molar-refractivity contribution in [1.29, 1.82) is 0 Å². The average molecular weight is 256 g/mol. The zero-order chi connectivity index (χ0) is 11.7. The van der Waals surface area contributed by atoms with Crippen LogP contribution in [0.25, 0.3) is 0 Å². The molecule has 1 aromatic carbocycles. The normalized spacial score (nSPS) is 15.5. The van der Waals surface area contributed by atoms with Crippen molar-refractivity contribution in [3.63, 3.8) is 0 Å². The molecular formula is C10H12N2O2S2. The summed E-state index contributed by atoms with van der Waals surface area (Å²) in [4.78, 5) is 0. The SMILES string of the molecule is ON1C(CS)=C(CS)N(O)c2ccccc21. The second-order valence-corrected chi connectivity index (χ2v) is 3.95. The molecule has 0 atom stereocenters. The lowest BCUT2D eigenvalue weighted by atomic mass is 10.2. The second-order valence-electron chi connectivity index (χ2n) is 3.32. The zero-order valence-electron chi connectivity index (χ0n) is 8.41. The number of hydrogen-bond acceptors (Lipinski definition) is 6. The van der Waals surface area contributed by atoms with Crippen molar-refractivity contribution in [1.82, 2.24) is 0 Å². The van der Waals surface area contributed by atoms with Crippen molar-refractivity contribution < 1.29 is 10.4 Å². The first-order valence-electron chi connectivity index (χ1n) is 4.71. The van der Waals surface area contributed by atoms with E-state index in [4.69, 9.17) is 0 Å². The van der Waals surface area contributed by atoms with Gasteiger partial charge in [-0.25, -0.2) is 10.1 Å². The molecule has 0 radical (unpaired) electrons. The van der Waals surface area contributed by atoms with Gasteiger partial charge in [-0.2, -0.15) is 25.3 Å². The Bertz CT molecular complexity index is 398. The van der Waals surface area contributed by atoms with Gasteiger partial charge in [0.15, 0.2) is 0 Å². The van der Waals surface area contributed by atoms with Gasteiger partial charge in [0.05, 0.1) is 22.8 Å². The highest BCUT2D eigenvalue weighted by molar-refractivity contribution is 7.80. The Morgan fingerprint density at radius 2 is 1.25 bits per heavy atom. The van der Waals surface area contributed by atoms with E-state index in [0.717, 1.165) is 10.1 Å². The van der Waals surface area contributed by atoms with Crippen molar-refractivity contribution in [3.8, 4) is 0 Å². The number of para-hydroxylation sites is 2. The molecule has 1 aromatic rings. The average Bonchev–Trinajstić information content (AvgIpc) is 2.33. The van der Waals surface area contributed by atoms with Gasteiger partial charge in [-0.3, -0.25) is 10.4 Å². The number of nitrogens with zero attached hydrogens (tertiary/aromatic N) is 2. The van der Waals surface area contributed by atoms with Crippen LogP contribution >= 0.6 is 25.3 Å². The maximum Gasteiger partial charge on any atom is 0.0951 e. The minimum Gasteiger partial charge on any atom is -0.284 e. The van der Waals surface area contributed by atoms with Crippen LogP contribution in [0.15, 0.2) is 35.7 Å². The summed E-state index contributed by atoms with van der Waals surface area (Å²) in [6, 6.07) is 7.02. The molecule has 0 saturated carbocycles. The highest BCUT2D eigenvalue weighted by Crippen LogP contribution is 2.37. The van der Waals surface area contributed by atoms with Gasteiger partial charge in [-0.05, 0) is 12.1 Å². The fourth-order valence-corrected chi connectivity index (χ4v) is 2.31. The lowest BCUT2D eigenvalue weighted by molar-refractivity contribution is 0.249. The quantitative estimate of drug-likeness (QED) is 0.613. The summed E-state index contributed by atoms with van der Waals surface area (Å²) in [6.07, 6.45) is 0. The molecule has 6 heteroatoms. The van der Waals surface area contributed by atoms with E-state index in [1.807, 2.05) is 0 Å². The summed E-state index contributed by atoms with van der Waals surface area (Å²) in [5, 5.41) is 22.1. The third-order valence-corrected chi connectivity index (χ3v) is 3.08. The fourth-order valence-electron chi connectivity index (χ4n) is 1.67. The number of fused-ring (bicyclic) bond motifs is 1. The molecule has 1 aliphatic heterocycles. The maximum absolute atomic E-state index is 10.00. The first kappa shape index (κ1) is 11.7. The van der Waals surface area contributed by atoms with E-state index in [0.29, 0.717) is 34.3 Å². The molecule has 1 heterocycles. The summed E-state index contributed by atoms with van der Waals surface area (Å²) in [5.41, 5.74) is 2.11. The van der Waals surface area contributed by atoms with E-state index in [-0.39, 0.29) is 0 Å². The monoisotopic (exact) mass is 256 g/mol. The van der Waals surface area contributed by atoms with Gasteiger partial charge in [0.25, 0.3) is 0 Å². The molecular weight excluding hydrogens is 244 g/mol. The van der Waals surface area contributed by atoms with Gasteiger partial charge >= 0.3 is 0 Å². The zero-order valence-corrected chi connectivity index (χ0v) is 10.2. The largest absolute Gasteiger partial charge is 0.284 e. The van der Waals surface area contributed by atoms with Crippen LogP contribution in [0.5, 0.6) is 0 Å². The van der Waals surface area contributed by atoms with Crippen LogP contribution in [0.2, 0.25) is 0 Å². The third-order valence-electron chi connectivity index (χ3n) is 2.48. The topological polar surface area (TPSA) is 46.9 Å². The van der Waals surface area contributed by atoms with Gasteiger partial charge in [-0.15, -0.1) is 0 Å². The Morgan fingerprint density at radius 1 is 0.875 bits per heavy atom. The van der Waals surface area contributed by atoms with E-state index < -0.39 is 0 Å². The Balaban J connectivity index is 2.57. The van der Waals surface area contributed by atoms with Crippen LogP contribution in [0.4, 0.5) is 11.4 Å². The van der Waals surface area contributed by atoms with Crippen molar-refractivity contribution >= 4 is 36.6 Å². The maximum atomic E-state index is 10.00. The molecule has 0 aliphatic carbocycles. The molecule has 0 amide bonds. The van der Waals surface area contributed by atoms with Crippen LogP contribution in [0, 0.1) is 0 Å². The minimum atomic E-state index is 0.317. The van der Waals surface area contributed by atoms with E-state index in [9.17, 15) is 10.4 Å². The molecule has 1 aliphatic rings. The third kappa shape index (κ3) is 1.67. The molecule has 0 bridgehead atoms. The lowest BCUT2D eigenvalue weighted by Crippen LogP contribution is -2.34. The number of rotatable bonds is 2. The number of hydrogen-bond donors (Lipinski definition) is 4. The van der Waals surface area contributed by atoms with Crippen LogP contribution in [0.1, 0.15) is 0 Å². The first-order chi connectivity index (χ1) is 7.70.